The van der Waals surface area contributed by atoms with Crippen LogP contribution in [-0.4, -0.2) is 22.1 Å². The number of fused-ring (bicyclic) bond motifs is 1. The monoisotopic (exact) mass is 281 g/mol. The average molecular weight is 281 g/mol. The van der Waals surface area contributed by atoms with Crippen LogP contribution in [0.5, 0.6) is 0 Å². The SMILES string of the molecule is CCOC(=O)Nc1ccc(-c2cn3ccccc3n2)cc1. The normalized spacial score (nSPS) is 10.5. The Morgan fingerprint density at radius 2 is 2.05 bits per heavy atom. The molecule has 1 aromatic carbocycles. The molecule has 5 nitrogen and oxygen atoms in total. The summed E-state index contributed by atoms with van der Waals surface area (Å²) in [5, 5.41) is 2.66. The van der Waals surface area contributed by atoms with Crippen molar-refractivity contribution in [2.24, 2.45) is 0 Å². The van der Waals surface area contributed by atoms with Gasteiger partial charge in [0.05, 0.1) is 12.3 Å². The van der Waals surface area contributed by atoms with E-state index in [1.807, 2.05) is 59.3 Å². The molecule has 2 heterocycles. The standard InChI is InChI=1S/C16H15N3O2/c1-2-21-16(20)17-13-8-6-12(7-9-13)14-11-19-10-4-3-5-15(19)18-14/h3-11H,2H2,1H3,(H,17,20). The molecular weight excluding hydrogens is 266 g/mol. The molecule has 0 bridgehead atoms. The van der Waals surface area contributed by atoms with E-state index in [9.17, 15) is 4.79 Å². The first-order valence-electron chi connectivity index (χ1n) is 6.74. The van der Waals surface area contributed by atoms with Crippen LogP contribution in [0.4, 0.5) is 10.5 Å². The highest BCUT2D eigenvalue weighted by Crippen LogP contribution is 2.21. The summed E-state index contributed by atoms with van der Waals surface area (Å²) in [6.45, 7) is 2.12. The third-order valence-corrected chi connectivity index (χ3v) is 3.07. The minimum atomic E-state index is -0.446. The largest absolute Gasteiger partial charge is 0.450 e. The summed E-state index contributed by atoms with van der Waals surface area (Å²) in [7, 11) is 0. The summed E-state index contributed by atoms with van der Waals surface area (Å²) >= 11 is 0. The molecule has 0 spiro atoms. The molecule has 0 atom stereocenters. The number of hydrogen-bond acceptors (Lipinski definition) is 3. The second-order valence-corrected chi connectivity index (χ2v) is 4.52. The molecule has 0 fully saturated rings. The molecule has 3 aromatic rings. The van der Waals surface area contributed by atoms with Crippen molar-refractivity contribution in [3.63, 3.8) is 0 Å². The summed E-state index contributed by atoms with van der Waals surface area (Å²) in [6.07, 6.45) is 3.49. The Labute approximate surface area is 122 Å². The van der Waals surface area contributed by atoms with E-state index in [1.165, 1.54) is 0 Å². The lowest BCUT2D eigenvalue weighted by Crippen LogP contribution is -2.12. The zero-order chi connectivity index (χ0) is 14.7. The van der Waals surface area contributed by atoms with E-state index in [0.29, 0.717) is 12.3 Å². The maximum atomic E-state index is 11.3. The van der Waals surface area contributed by atoms with Crippen molar-refractivity contribution in [2.45, 2.75) is 6.92 Å². The van der Waals surface area contributed by atoms with E-state index < -0.39 is 6.09 Å². The highest BCUT2D eigenvalue weighted by Gasteiger charge is 2.05. The van der Waals surface area contributed by atoms with Crippen molar-refractivity contribution < 1.29 is 9.53 Å². The number of aromatic nitrogens is 2. The fourth-order valence-electron chi connectivity index (χ4n) is 2.08. The number of amides is 1. The number of pyridine rings is 1. The van der Waals surface area contributed by atoms with Crippen molar-refractivity contribution in [1.82, 2.24) is 9.38 Å². The Balaban J connectivity index is 1.81. The molecule has 3 rings (SSSR count). The Morgan fingerprint density at radius 1 is 1.24 bits per heavy atom. The lowest BCUT2D eigenvalue weighted by Gasteiger charge is -2.05. The predicted molar refractivity (Wildman–Crippen MR) is 81.3 cm³/mol. The van der Waals surface area contributed by atoms with Gasteiger partial charge in [-0.15, -0.1) is 0 Å². The Kier molecular flexibility index (Phi) is 3.55. The van der Waals surface area contributed by atoms with Crippen molar-refractivity contribution in [3.8, 4) is 11.3 Å². The maximum absolute atomic E-state index is 11.3. The minimum Gasteiger partial charge on any atom is -0.450 e. The third-order valence-electron chi connectivity index (χ3n) is 3.07. The number of imidazole rings is 1. The van der Waals surface area contributed by atoms with Gasteiger partial charge in [0.2, 0.25) is 0 Å². The van der Waals surface area contributed by atoms with Crippen molar-refractivity contribution in [3.05, 3.63) is 54.9 Å². The van der Waals surface area contributed by atoms with E-state index in [-0.39, 0.29) is 0 Å². The zero-order valence-corrected chi connectivity index (χ0v) is 11.6. The number of benzene rings is 1. The number of carbonyl (C=O) groups is 1. The van der Waals surface area contributed by atoms with Crippen molar-refractivity contribution >= 4 is 17.4 Å². The van der Waals surface area contributed by atoms with Gasteiger partial charge in [-0.25, -0.2) is 9.78 Å². The molecule has 0 aliphatic heterocycles. The Hall–Kier alpha value is -2.82. The van der Waals surface area contributed by atoms with Crippen LogP contribution in [0.15, 0.2) is 54.9 Å². The van der Waals surface area contributed by atoms with E-state index in [0.717, 1.165) is 16.9 Å². The topological polar surface area (TPSA) is 55.6 Å². The van der Waals surface area contributed by atoms with Gasteiger partial charge in [0, 0.05) is 23.6 Å². The van der Waals surface area contributed by atoms with Gasteiger partial charge >= 0.3 is 6.09 Å². The minimum absolute atomic E-state index is 0.352. The average Bonchev–Trinajstić information content (AvgIpc) is 2.92. The van der Waals surface area contributed by atoms with Crippen molar-refractivity contribution in [2.75, 3.05) is 11.9 Å². The molecule has 0 aliphatic rings. The highest BCUT2D eigenvalue weighted by atomic mass is 16.5. The zero-order valence-electron chi connectivity index (χ0n) is 11.6. The number of nitrogens with zero attached hydrogens (tertiary/aromatic N) is 2. The number of nitrogens with one attached hydrogen (secondary N) is 1. The molecule has 5 heteroatoms. The molecule has 2 aromatic heterocycles. The molecule has 0 unspecified atom stereocenters. The number of ether oxygens (including phenoxy) is 1. The molecule has 1 N–H and O–H groups in total. The van der Waals surface area contributed by atoms with Crippen LogP contribution in [0, 0.1) is 0 Å². The van der Waals surface area contributed by atoms with Crippen molar-refractivity contribution in [1.29, 1.82) is 0 Å². The van der Waals surface area contributed by atoms with Gasteiger partial charge in [0.15, 0.2) is 0 Å². The van der Waals surface area contributed by atoms with E-state index in [4.69, 9.17) is 4.74 Å². The first-order valence-corrected chi connectivity index (χ1v) is 6.74. The van der Waals surface area contributed by atoms with Gasteiger partial charge < -0.3 is 9.14 Å². The number of rotatable bonds is 3. The fraction of sp³-hybridized carbons (Fsp3) is 0.125. The number of hydrogen-bond donors (Lipinski definition) is 1. The number of carbonyl (C=O) groups excluding carboxylic acids is 1. The van der Waals surface area contributed by atoms with Gasteiger partial charge in [-0.05, 0) is 31.2 Å². The quantitative estimate of drug-likeness (QED) is 0.798. The Bertz CT molecular complexity index is 730. The van der Waals surface area contributed by atoms with E-state index in [1.54, 1.807) is 6.92 Å². The molecule has 0 saturated heterocycles. The summed E-state index contributed by atoms with van der Waals surface area (Å²) in [4.78, 5) is 15.9. The second-order valence-electron chi connectivity index (χ2n) is 4.52. The van der Waals surface area contributed by atoms with Crippen LogP contribution in [0.1, 0.15) is 6.92 Å². The first-order chi connectivity index (χ1) is 10.3. The Morgan fingerprint density at radius 3 is 2.76 bits per heavy atom. The highest BCUT2D eigenvalue weighted by molar-refractivity contribution is 5.85. The number of anilines is 1. The molecular formula is C16H15N3O2. The van der Waals surface area contributed by atoms with Crippen LogP contribution in [0.25, 0.3) is 16.9 Å². The van der Waals surface area contributed by atoms with Gasteiger partial charge in [-0.1, -0.05) is 18.2 Å². The van der Waals surface area contributed by atoms with Crippen LogP contribution < -0.4 is 5.32 Å². The van der Waals surface area contributed by atoms with Crippen LogP contribution >= 0.6 is 0 Å². The molecule has 1 amide bonds. The smallest absolute Gasteiger partial charge is 0.411 e. The van der Waals surface area contributed by atoms with Gasteiger partial charge in [0.1, 0.15) is 5.65 Å². The first kappa shape index (κ1) is 13.2. The lowest BCUT2D eigenvalue weighted by atomic mass is 10.1. The molecule has 0 radical (unpaired) electrons. The van der Waals surface area contributed by atoms with E-state index >= 15 is 0 Å². The van der Waals surface area contributed by atoms with Crippen LogP contribution in [0.3, 0.4) is 0 Å². The molecule has 0 saturated carbocycles. The summed E-state index contributed by atoms with van der Waals surface area (Å²) in [6, 6.07) is 13.4. The molecule has 0 aliphatic carbocycles. The second kappa shape index (κ2) is 5.66. The molecule has 106 valence electrons. The summed E-state index contributed by atoms with van der Waals surface area (Å²) in [5.41, 5.74) is 3.49. The van der Waals surface area contributed by atoms with Gasteiger partial charge in [-0.3, -0.25) is 5.32 Å². The summed E-state index contributed by atoms with van der Waals surface area (Å²) in [5.74, 6) is 0. The van der Waals surface area contributed by atoms with Gasteiger partial charge in [0.25, 0.3) is 0 Å². The fourth-order valence-corrected chi connectivity index (χ4v) is 2.08. The van der Waals surface area contributed by atoms with Crippen LogP contribution in [0.2, 0.25) is 0 Å². The summed E-state index contributed by atoms with van der Waals surface area (Å²) < 4.78 is 6.81. The van der Waals surface area contributed by atoms with E-state index in [2.05, 4.69) is 10.3 Å². The molecule has 21 heavy (non-hydrogen) atoms. The predicted octanol–water partition coefficient (Wildman–Crippen LogP) is 3.57. The van der Waals surface area contributed by atoms with Crippen LogP contribution in [-0.2, 0) is 4.74 Å². The maximum Gasteiger partial charge on any atom is 0.411 e. The third kappa shape index (κ3) is 2.86. The lowest BCUT2D eigenvalue weighted by molar-refractivity contribution is 0.168. The van der Waals surface area contributed by atoms with Gasteiger partial charge in [-0.2, -0.15) is 0 Å².